The lowest BCUT2D eigenvalue weighted by Crippen LogP contribution is -2.03. The van der Waals surface area contributed by atoms with Crippen LogP contribution in [0.1, 0.15) is 48.5 Å². The molecule has 1 fully saturated rings. The average molecular weight is 230 g/mol. The first kappa shape index (κ1) is 11.9. The van der Waals surface area contributed by atoms with E-state index in [1.165, 1.54) is 36.8 Å². The van der Waals surface area contributed by atoms with Crippen LogP contribution in [0.3, 0.4) is 0 Å². The number of benzene rings is 1. The van der Waals surface area contributed by atoms with E-state index >= 15 is 0 Å². The minimum Gasteiger partial charge on any atom is -0.462 e. The van der Waals surface area contributed by atoms with Gasteiger partial charge in [0.2, 0.25) is 0 Å². The molecule has 2 nitrogen and oxygen atoms in total. The van der Waals surface area contributed by atoms with Crippen molar-refractivity contribution in [3.63, 3.8) is 0 Å². The molecule has 2 rings (SSSR count). The normalized spacial score (nSPS) is 14.8. The van der Waals surface area contributed by atoms with E-state index < -0.39 is 0 Å². The number of ether oxygens (including phenoxy) is 1. The Labute approximate surface area is 102 Å². The van der Waals surface area contributed by atoms with Gasteiger partial charge < -0.3 is 4.74 Å². The summed E-state index contributed by atoms with van der Waals surface area (Å²) in [5.41, 5.74) is 3.32. The molecule has 0 unspecified atom stereocenters. The molecule has 0 bridgehead atoms. The standard InChI is InChI=1S/C15H18O2/c1-2-17-15(16)14-9-7-13(8-10-14)11-12-5-3-4-6-12/h7-11H,2-6H2,1H3. The van der Waals surface area contributed by atoms with Gasteiger partial charge in [-0.25, -0.2) is 4.79 Å². The third-order valence-corrected chi connectivity index (χ3v) is 3.04. The molecule has 90 valence electrons. The van der Waals surface area contributed by atoms with Crippen LogP contribution < -0.4 is 0 Å². The summed E-state index contributed by atoms with van der Waals surface area (Å²) in [7, 11) is 0. The lowest BCUT2D eigenvalue weighted by Gasteiger charge is -2.02. The summed E-state index contributed by atoms with van der Waals surface area (Å²) in [4.78, 5) is 11.5. The molecule has 1 aliphatic carbocycles. The quantitative estimate of drug-likeness (QED) is 0.738. The molecular weight excluding hydrogens is 212 g/mol. The van der Waals surface area contributed by atoms with E-state index in [1.807, 2.05) is 31.2 Å². The van der Waals surface area contributed by atoms with Crippen LogP contribution in [0.15, 0.2) is 29.8 Å². The maximum absolute atomic E-state index is 11.5. The van der Waals surface area contributed by atoms with Crippen molar-refractivity contribution in [1.29, 1.82) is 0 Å². The molecule has 1 saturated carbocycles. The summed E-state index contributed by atoms with van der Waals surface area (Å²) in [5, 5.41) is 0. The Morgan fingerprint density at radius 1 is 1.24 bits per heavy atom. The Morgan fingerprint density at radius 2 is 1.88 bits per heavy atom. The summed E-state index contributed by atoms with van der Waals surface area (Å²) in [6.45, 7) is 2.24. The van der Waals surface area contributed by atoms with Crippen LogP contribution in [0.4, 0.5) is 0 Å². The van der Waals surface area contributed by atoms with Crippen molar-refractivity contribution in [2.75, 3.05) is 6.61 Å². The Balaban J connectivity index is 2.07. The smallest absolute Gasteiger partial charge is 0.338 e. The lowest BCUT2D eigenvalue weighted by atomic mass is 10.1. The fourth-order valence-corrected chi connectivity index (χ4v) is 2.14. The maximum atomic E-state index is 11.5. The Bertz CT molecular complexity index is 407. The van der Waals surface area contributed by atoms with E-state index in [4.69, 9.17) is 4.74 Å². The molecule has 0 aromatic heterocycles. The highest BCUT2D eigenvalue weighted by molar-refractivity contribution is 5.89. The molecule has 1 aliphatic rings. The molecule has 0 N–H and O–H groups in total. The van der Waals surface area contributed by atoms with Gasteiger partial charge in [-0.15, -0.1) is 0 Å². The minimum absolute atomic E-state index is 0.243. The highest BCUT2D eigenvalue weighted by Crippen LogP contribution is 2.25. The number of hydrogen-bond donors (Lipinski definition) is 0. The van der Waals surface area contributed by atoms with Crippen molar-refractivity contribution in [3.05, 3.63) is 41.0 Å². The Hall–Kier alpha value is -1.57. The second-order valence-electron chi connectivity index (χ2n) is 4.35. The molecule has 0 atom stereocenters. The molecule has 0 spiro atoms. The van der Waals surface area contributed by atoms with Gasteiger partial charge >= 0.3 is 5.97 Å². The van der Waals surface area contributed by atoms with Crippen LogP contribution in [0.25, 0.3) is 6.08 Å². The summed E-state index contributed by atoms with van der Waals surface area (Å²) in [6.07, 6.45) is 7.31. The van der Waals surface area contributed by atoms with Crippen molar-refractivity contribution in [1.82, 2.24) is 0 Å². The average Bonchev–Trinajstić information content (AvgIpc) is 2.83. The van der Waals surface area contributed by atoms with E-state index in [9.17, 15) is 4.79 Å². The second kappa shape index (κ2) is 5.67. The Kier molecular flexibility index (Phi) is 3.97. The van der Waals surface area contributed by atoms with E-state index in [0.717, 1.165) is 0 Å². The maximum Gasteiger partial charge on any atom is 0.338 e. The topological polar surface area (TPSA) is 26.3 Å². The highest BCUT2D eigenvalue weighted by atomic mass is 16.5. The Morgan fingerprint density at radius 3 is 2.47 bits per heavy atom. The van der Waals surface area contributed by atoms with Crippen LogP contribution in [0.2, 0.25) is 0 Å². The number of hydrogen-bond acceptors (Lipinski definition) is 2. The third-order valence-electron chi connectivity index (χ3n) is 3.04. The summed E-state index contributed by atoms with van der Waals surface area (Å²) in [6, 6.07) is 7.63. The first-order valence-corrected chi connectivity index (χ1v) is 6.26. The summed E-state index contributed by atoms with van der Waals surface area (Å²) < 4.78 is 4.95. The van der Waals surface area contributed by atoms with Gasteiger partial charge in [-0.2, -0.15) is 0 Å². The van der Waals surface area contributed by atoms with Gasteiger partial charge in [0.25, 0.3) is 0 Å². The van der Waals surface area contributed by atoms with Gasteiger partial charge in [-0.05, 0) is 50.3 Å². The van der Waals surface area contributed by atoms with E-state index in [2.05, 4.69) is 6.08 Å². The fraction of sp³-hybridized carbons (Fsp3) is 0.400. The van der Waals surface area contributed by atoms with Gasteiger partial charge in [0, 0.05) is 0 Å². The zero-order chi connectivity index (χ0) is 12.1. The minimum atomic E-state index is -0.243. The predicted molar refractivity (Wildman–Crippen MR) is 68.8 cm³/mol. The van der Waals surface area contributed by atoms with Gasteiger partial charge in [-0.3, -0.25) is 0 Å². The molecule has 0 aliphatic heterocycles. The lowest BCUT2D eigenvalue weighted by molar-refractivity contribution is 0.0526. The number of rotatable bonds is 3. The van der Waals surface area contributed by atoms with E-state index in [1.54, 1.807) is 0 Å². The fourth-order valence-electron chi connectivity index (χ4n) is 2.14. The molecule has 1 aromatic rings. The second-order valence-corrected chi connectivity index (χ2v) is 4.35. The molecular formula is C15H18O2. The summed E-state index contributed by atoms with van der Waals surface area (Å²) >= 11 is 0. The van der Waals surface area contributed by atoms with Crippen molar-refractivity contribution in [3.8, 4) is 0 Å². The van der Waals surface area contributed by atoms with Crippen molar-refractivity contribution in [2.24, 2.45) is 0 Å². The molecule has 0 saturated heterocycles. The van der Waals surface area contributed by atoms with Crippen LogP contribution in [0, 0.1) is 0 Å². The highest BCUT2D eigenvalue weighted by Gasteiger charge is 2.07. The first-order valence-electron chi connectivity index (χ1n) is 6.26. The number of allylic oxidation sites excluding steroid dienone is 1. The molecule has 0 heterocycles. The van der Waals surface area contributed by atoms with Gasteiger partial charge in [0.15, 0.2) is 0 Å². The number of carbonyl (C=O) groups excluding carboxylic acids is 1. The summed E-state index contributed by atoms with van der Waals surface area (Å²) in [5.74, 6) is -0.243. The van der Waals surface area contributed by atoms with Gasteiger partial charge in [0.1, 0.15) is 0 Å². The van der Waals surface area contributed by atoms with Crippen LogP contribution in [-0.2, 0) is 4.74 Å². The van der Waals surface area contributed by atoms with Crippen molar-refractivity contribution >= 4 is 12.0 Å². The van der Waals surface area contributed by atoms with Gasteiger partial charge in [0.05, 0.1) is 12.2 Å². The zero-order valence-electron chi connectivity index (χ0n) is 10.2. The first-order chi connectivity index (χ1) is 8.29. The third kappa shape index (κ3) is 3.19. The predicted octanol–water partition coefficient (Wildman–Crippen LogP) is 3.82. The van der Waals surface area contributed by atoms with Crippen LogP contribution in [-0.4, -0.2) is 12.6 Å². The van der Waals surface area contributed by atoms with Crippen LogP contribution in [0.5, 0.6) is 0 Å². The number of esters is 1. The van der Waals surface area contributed by atoms with Gasteiger partial charge in [-0.1, -0.05) is 23.8 Å². The SMILES string of the molecule is CCOC(=O)c1ccc(C=C2CCCC2)cc1. The van der Waals surface area contributed by atoms with Crippen molar-refractivity contribution < 1.29 is 9.53 Å². The molecule has 0 amide bonds. The molecule has 1 aromatic carbocycles. The molecule has 2 heteroatoms. The molecule has 17 heavy (non-hydrogen) atoms. The van der Waals surface area contributed by atoms with Crippen molar-refractivity contribution in [2.45, 2.75) is 32.6 Å². The number of carbonyl (C=O) groups is 1. The molecule has 0 radical (unpaired) electrons. The largest absolute Gasteiger partial charge is 0.462 e. The monoisotopic (exact) mass is 230 g/mol. The van der Waals surface area contributed by atoms with E-state index in [0.29, 0.717) is 12.2 Å². The zero-order valence-corrected chi connectivity index (χ0v) is 10.2. The van der Waals surface area contributed by atoms with Crippen LogP contribution >= 0.6 is 0 Å². The van der Waals surface area contributed by atoms with E-state index in [-0.39, 0.29) is 5.97 Å².